The second-order valence-corrected chi connectivity index (χ2v) is 9.30. The third kappa shape index (κ3) is 2.81. The molecule has 0 amide bonds. The van der Waals surface area contributed by atoms with Crippen LogP contribution >= 0.6 is 0 Å². The van der Waals surface area contributed by atoms with E-state index in [-0.39, 0.29) is 34.9 Å². The summed E-state index contributed by atoms with van der Waals surface area (Å²) in [6.07, 6.45) is 4.24. The van der Waals surface area contributed by atoms with E-state index in [0.717, 1.165) is 58.6 Å². The van der Waals surface area contributed by atoms with Gasteiger partial charge in [0.05, 0.1) is 17.1 Å². The Labute approximate surface area is 182 Å². The van der Waals surface area contributed by atoms with E-state index in [4.69, 9.17) is 4.99 Å². The average molecular weight is 421 g/mol. The molecule has 5 rings (SSSR count). The quantitative estimate of drug-likeness (QED) is 0.689. The van der Waals surface area contributed by atoms with Crippen LogP contribution in [-0.4, -0.2) is 16.1 Å². The number of hydrogen-bond donors (Lipinski definition) is 0. The van der Waals surface area contributed by atoms with E-state index in [9.17, 15) is 14.0 Å². The van der Waals surface area contributed by atoms with Gasteiger partial charge in [-0.1, -0.05) is 13.8 Å². The molecule has 1 aliphatic carbocycles. The van der Waals surface area contributed by atoms with Crippen LogP contribution in [0.15, 0.2) is 21.9 Å². The number of pyridine rings is 1. The van der Waals surface area contributed by atoms with Gasteiger partial charge in [0.1, 0.15) is 11.6 Å². The highest BCUT2D eigenvalue weighted by Crippen LogP contribution is 2.50. The highest BCUT2D eigenvalue weighted by atomic mass is 19.1. The van der Waals surface area contributed by atoms with Crippen molar-refractivity contribution in [3.8, 4) is 0 Å². The number of halogens is 1. The number of aromatic nitrogens is 1. The molecular weight excluding hydrogens is 391 g/mol. The van der Waals surface area contributed by atoms with E-state index >= 15 is 0 Å². The van der Waals surface area contributed by atoms with Crippen LogP contribution in [0.3, 0.4) is 0 Å². The minimum Gasteiger partial charge on any atom is -0.306 e. The smallest absolute Gasteiger partial charge is 0.254 e. The number of fused-ring (bicyclic) bond motifs is 4. The van der Waals surface area contributed by atoms with Gasteiger partial charge in [0.25, 0.3) is 5.56 Å². The largest absolute Gasteiger partial charge is 0.306 e. The molecular formula is C26H29FN2O2. The van der Waals surface area contributed by atoms with Crippen LogP contribution in [0.2, 0.25) is 0 Å². The first-order chi connectivity index (χ1) is 14.9. The van der Waals surface area contributed by atoms with Crippen molar-refractivity contribution in [3.63, 3.8) is 0 Å². The third-order valence-corrected chi connectivity index (χ3v) is 7.77. The second kappa shape index (κ2) is 7.25. The zero-order valence-corrected chi connectivity index (χ0v) is 18.7. The first kappa shape index (κ1) is 20.3. The van der Waals surface area contributed by atoms with Gasteiger partial charge in [0.2, 0.25) is 0 Å². The van der Waals surface area contributed by atoms with Gasteiger partial charge in [-0.3, -0.25) is 14.6 Å². The summed E-state index contributed by atoms with van der Waals surface area (Å²) in [6, 6.07) is 3.61. The Morgan fingerprint density at radius 3 is 2.74 bits per heavy atom. The van der Waals surface area contributed by atoms with E-state index < -0.39 is 0 Å². The van der Waals surface area contributed by atoms with Gasteiger partial charge >= 0.3 is 0 Å². The maximum absolute atomic E-state index is 14.7. The summed E-state index contributed by atoms with van der Waals surface area (Å²) in [6.45, 7) is 8.06. The summed E-state index contributed by atoms with van der Waals surface area (Å²) < 4.78 is 16.5. The van der Waals surface area contributed by atoms with Crippen molar-refractivity contribution in [2.24, 2.45) is 10.9 Å². The summed E-state index contributed by atoms with van der Waals surface area (Å²) in [7, 11) is 0. The number of carbonyl (C=O) groups excluding carboxylic acids is 1. The van der Waals surface area contributed by atoms with Crippen molar-refractivity contribution in [3.05, 3.63) is 61.8 Å². The Hall–Kier alpha value is -2.56. The van der Waals surface area contributed by atoms with E-state index in [1.807, 2.05) is 31.4 Å². The maximum Gasteiger partial charge on any atom is 0.254 e. The van der Waals surface area contributed by atoms with Crippen LogP contribution in [0.25, 0.3) is 0 Å². The van der Waals surface area contributed by atoms with Gasteiger partial charge in [-0.2, -0.15) is 0 Å². The molecule has 2 aromatic rings. The van der Waals surface area contributed by atoms with Crippen molar-refractivity contribution in [2.45, 2.75) is 78.2 Å². The monoisotopic (exact) mass is 420 g/mol. The molecule has 1 aromatic carbocycles. The molecule has 0 saturated heterocycles. The number of Topliss-reactive ketones (excluding diaryl/α,β-unsaturated/α-hetero) is 1. The van der Waals surface area contributed by atoms with Crippen molar-refractivity contribution >= 4 is 17.2 Å². The van der Waals surface area contributed by atoms with Crippen molar-refractivity contribution in [1.82, 2.24) is 4.57 Å². The fourth-order valence-electron chi connectivity index (χ4n) is 6.24. The lowest BCUT2D eigenvalue weighted by molar-refractivity contribution is -0.118. The van der Waals surface area contributed by atoms with E-state index in [1.165, 1.54) is 5.56 Å². The molecule has 0 spiro atoms. The minimum atomic E-state index is -0.273. The van der Waals surface area contributed by atoms with E-state index in [0.29, 0.717) is 19.4 Å². The Kier molecular flexibility index (Phi) is 4.76. The number of hydrogen-bond acceptors (Lipinski definition) is 3. The summed E-state index contributed by atoms with van der Waals surface area (Å²) in [5.74, 6) is 0.0267. The lowest BCUT2D eigenvalue weighted by atomic mass is 9.71. The SMILES string of the molecule is CCc1c(C(CC)C(C)=O)cc2n(c1=O)CC1C2=Nc2cc(F)c(C)c3c2C1CCC3. The summed E-state index contributed by atoms with van der Waals surface area (Å²) >= 11 is 0. The third-order valence-electron chi connectivity index (χ3n) is 7.77. The Bertz CT molecular complexity index is 1210. The molecule has 0 N–H and O–H groups in total. The van der Waals surface area contributed by atoms with Gasteiger partial charge in [-0.25, -0.2) is 4.39 Å². The van der Waals surface area contributed by atoms with Crippen LogP contribution in [-0.2, 0) is 24.2 Å². The van der Waals surface area contributed by atoms with Gasteiger partial charge in [0, 0.05) is 30.0 Å². The molecule has 31 heavy (non-hydrogen) atoms. The number of rotatable bonds is 4. The standard InChI is InChI=1S/C26H29FN2O2/c1-5-15(14(4)30)19-10-23-25-20(12-29(23)26(31)16(19)6-2)18-9-7-8-17-13(3)21(27)11-22(28-25)24(17)18/h10-11,15,18,20H,5-9,12H2,1-4H3. The number of carbonyl (C=O) groups is 1. The topological polar surface area (TPSA) is 51.4 Å². The molecule has 1 aromatic heterocycles. The van der Waals surface area contributed by atoms with Crippen molar-refractivity contribution in [1.29, 1.82) is 0 Å². The predicted octanol–water partition coefficient (Wildman–Crippen LogP) is 5.12. The minimum absolute atomic E-state index is 0.00856. The number of nitrogens with zero attached hydrogens (tertiary/aromatic N) is 2. The summed E-state index contributed by atoms with van der Waals surface area (Å²) in [4.78, 5) is 30.8. The molecule has 3 atom stereocenters. The highest BCUT2D eigenvalue weighted by Gasteiger charge is 2.43. The highest BCUT2D eigenvalue weighted by molar-refractivity contribution is 6.06. The van der Waals surface area contributed by atoms with E-state index in [2.05, 4.69) is 0 Å². The lowest BCUT2D eigenvalue weighted by Gasteiger charge is -2.35. The molecule has 3 unspecified atom stereocenters. The Balaban J connectivity index is 1.75. The predicted molar refractivity (Wildman–Crippen MR) is 120 cm³/mol. The van der Waals surface area contributed by atoms with Crippen molar-refractivity contribution in [2.75, 3.05) is 0 Å². The fourth-order valence-corrected chi connectivity index (χ4v) is 6.24. The van der Waals surface area contributed by atoms with Gasteiger partial charge < -0.3 is 4.57 Å². The van der Waals surface area contributed by atoms with Gasteiger partial charge in [0.15, 0.2) is 0 Å². The van der Waals surface area contributed by atoms with Crippen LogP contribution in [0.5, 0.6) is 0 Å². The lowest BCUT2D eigenvalue weighted by Crippen LogP contribution is -2.28. The van der Waals surface area contributed by atoms with Crippen LogP contribution < -0.4 is 5.56 Å². The fraction of sp³-hybridized carbons (Fsp3) is 0.500. The normalized spacial score (nSPS) is 21.8. The summed E-state index contributed by atoms with van der Waals surface area (Å²) in [5.41, 5.74) is 7.12. The molecule has 4 nitrogen and oxygen atoms in total. The number of ketones is 1. The van der Waals surface area contributed by atoms with Gasteiger partial charge in [-0.15, -0.1) is 0 Å². The molecule has 0 fully saturated rings. The molecule has 162 valence electrons. The summed E-state index contributed by atoms with van der Waals surface area (Å²) in [5, 5.41) is 0. The van der Waals surface area contributed by atoms with Gasteiger partial charge in [-0.05, 0) is 80.2 Å². The zero-order chi connectivity index (χ0) is 22.0. The number of aliphatic imine (C=N–C) groups is 1. The van der Waals surface area contributed by atoms with E-state index in [1.54, 1.807) is 13.0 Å². The molecule has 0 radical (unpaired) electrons. The molecule has 0 bridgehead atoms. The first-order valence-corrected chi connectivity index (χ1v) is 11.5. The Morgan fingerprint density at radius 2 is 2.06 bits per heavy atom. The maximum atomic E-state index is 14.7. The average Bonchev–Trinajstić information content (AvgIpc) is 3.11. The van der Waals surface area contributed by atoms with Crippen LogP contribution in [0.1, 0.15) is 85.4 Å². The molecule has 3 aliphatic rings. The molecule has 3 heterocycles. The zero-order valence-electron chi connectivity index (χ0n) is 18.7. The van der Waals surface area contributed by atoms with Crippen molar-refractivity contribution < 1.29 is 9.18 Å². The molecule has 2 aliphatic heterocycles. The number of benzene rings is 1. The molecule has 5 heteroatoms. The first-order valence-electron chi connectivity index (χ1n) is 11.5. The van der Waals surface area contributed by atoms with Crippen LogP contribution in [0, 0.1) is 18.7 Å². The second-order valence-electron chi connectivity index (χ2n) is 9.30. The Morgan fingerprint density at radius 1 is 1.29 bits per heavy atom. The molecule has 0 saturated carbocycles. The van der Waals surface area contributed by atoms with Crippen LogP contribution in [0.4, 0.5) is 10.1 Å².